The first kappa shape index (κ1) is 20.6. The summed E-state index contributed by atoms with van der Waals surface area (Å²) in [6.07, 6.45) is 5.97. The highest BCUT2D eigenvalue weighted by atomic mass is 32.2. The number of nitrogens with zero attached hydrogens (tertiary/aromatic N) is 5. The lowest BCUT2D eigenvalue weighted by Gasteiger charge is -2.30. The normalized spacial score (nSPS) is 25.4. The maximum Gasteiger partial charge on any atom is 0.323 e. The largest absolute Gasteiger partial charge is 0.444 e. The van der Waals surface area contributed by atoms with Crippen molar-refractivity contribution in [3.63, 3.8) is 0 Å². The summed E-state index contributed by atoms with van der Waals surface area (Å²) in [7, 11) is -0.585. The highest BCUT2D eigenvalue weighted by Gasteiger charge is 2.81. The number of piperidine rings is 1. The van der Waals surface area contributed by atoms with E-state index in [9.17, 15) is 17.2 Å². The van der Waals surface area contributed by atoms with Crippen molar-refractivity contribution < 1.29 is 26.1 Å². The lowest BCUT2D eigenvalue weighted by molar-refractivity contribution is 0.0412. The molecule has 0 amide bonds. The molecule has 0 radical (unpaired) electrons. The second-order valence-corrected chi connectivity index (χ2v) is 10.4. The Hall–Kier alpha value is -2.34. The number of hydrogen-bond donors (Lipinski definition) is 0. The van der Waals surface area contributed by atoms with Gasteiger partial charge in [-0.2, -0.15) is 12.7 Å². The molecule has 31 heavy (non-hydrogen) atoms. The Morgan fingerprint density at radius 1 is 1.26 bits per heavy atom. The summed E-state index contributed by atoms with van der Waals surface area (Å²) < 4.78 is 69.9. The zero-order valence-electron chi connectivity index (χ0n) is 17.2. The van der Waals surface area contributed by atoms with Crippen LogP contribution in [0.2, 0.25) is 0 Å². The number of halogens is 2. The third-order valence-electron chi connectivity index (χ3n) is 6.46. The maximum absolute atomic E-state index is 15.0. The van der Waals surface area contributed by atoms with Gasteiger partial charge in [0.2, 0.25) is 5.89 Å². The van der Waals surface area contributed by atoms with E-state index in [-0.39, 0.29) is 37.5 Å². The van der Waals surface area contributed by atoms with Crippen molar-refractivity contribution in [1.82, 2.24) is 19.3 Å². The third-order valence-corrected chi connectivity index (χ3v) is 7.84. The molecule has 1 saturated heterocycles. The first-order chi connectivity index (χ1) is 14.7. The molecule has 2 aliphatic carbocycles. The van der Waals surface area contributed by atoms with Crippen LogP contribution in [0.15, 0.2) is 25.9 Å². The van der Waals surface area contributed by atoms with Gasteiger partial charge in [-0.25, -0.2) is 13.8 Å². The maximum atomic E-state index is 15.0. The number of hydrogen-bond acceptors (Lipinski definition) is 6. The van der Waals surface area contributed by atoms with Crippen LogP contribution >= 0.6 is 0 Å². The molecular weight excluding hydrogens is 432 g/mol. The summed E-state index contributed by atoms with van der Waals surface area (Å²) in [5.74, 6) is -3.54. The molecule has 1 aliphatic heterocycles. The van der Waals surface area contributed by atoms with Crippen molar-refractivity contribution in [3.8, 4) is 11.5 Å². The van der Waals surface area contributed by atoms with E-state index in [4.69, 9.17) is 8.94 Å². The van der Waals surface area contributed by atoms with Gasteiger partial charge in [-0.05, 0) is 25.7 Å². The number of aromatic nitrogens is 2. The van der Waals surface area contributed by atoms with Gasteiger partial charge in [0.1, 0.15) is 24.4 Å². The Balaban J connectivity index is 1.33. The van der Waals surface area contributed by atoms with E-state index in [0.717, 1.165) is 22.8 Å². The molecule has 12 heteroatoms. The van der Waals surface area contributed by atoms with Gasteiger partial charge in [0.25, 0.3) is 5.92 Å². The molecule has 0 aromatic carbocycles. The van der Waals surface area contributed by atoms with Crippen molar-refractivity contribution in [3.05, 3.63) is 23.9 Å². The Kier molecular flexibility index (Phi) is 4.53. The molecule has 1 spiro atoms. The van der Waals surface area contributed by atoms with Crippen LogP contribution in [0, 0.1) is 5.41 Å². The van der Waals surface area contributed by atoms with E-state index in [2.05, 4.69) is 14.5 Å². The summed E-state index contributed by atoms with van der Waals surface area (Å²) in [4.78, 5) is 5.84. The topological polar surface area (TPSA) is 105 Å². The van der Waals surface area contributed by atoms with Gasteiger partial charge in [0, 0.05) is 33.1 Å². The summed E-state index contributed by atoms with van der Waals surface area (Å²) in [6.45, 7) is -0.0250. The van der Waals surface area contributed by atoms with Crippen LogP contribution in [-0.2, 0) is 10.2 Å². The predicted octanol–water partition coefficient (Wildman–Crippen LogP) is 2.86. The van der Waals surface area contributed by atoms with Crippen LogP contribution < -0.4 is 0 Å². The molecular formula is C19H23F2N5O4S. The third kappa shape index (κ3) is 3.27. The minimum absolute atomic E-state index is 0.0125. The molecule has 0 bridgehead atoms. The first-order valence-corrected chi connectivity index (χ1v) is 11.6. The summed E-state index contributed by atoms with van der Waals surface area (Å²) in [5, 5.41) is 3.99. The molecule has 0 unspecified atom stereocenters. The minimum Gasteiger partial charge on any atom is -0.444 e. The average molecular weight is 455 g/mol. The van der Waals surface area contributed by atoms with Crippen molar-refractivity contribution in [2.75, 3.05) is 27.2 Å². The molecule has 3 aliphatic rings. The average Bonchev–Trinajstić information content (AvgIpc) is 3.43. The van der Waals surface area contributed by atoms with Crippen LogP contribution in [0.3, 0.4) is 0 Å². The van der Waals surface area contributed by atoms with Crippen LogP contribution in [-0.4, -0.2) is 67.2 Å². The zero-order chi connectivity index (χ0) is 22.0. The van der Waals surface area contributed by atoms with Gasteiger partial charge in [0.05, 0.1) is 22.7 Å². The second-order valence-electron chi connectivity index (χ2n) is 8.74. The molecule has 168 valence electrons. The van der Waals surface area contributed by atoms with Gasteiger partial charge >= 0.3 is 10.2 Å². The van der Waals surface area contributed by atoms with E-state index >= 15 is 0 Å². The highest BCUT2D eigenvalue weighted by Crippen LogP contribution is 2.75. The number of alkyl halides is 2. The molecule has 2 saturated carbocycles. The fourth-order valence-electron chi connectivity index (χ4n) is 4.54. The fourth-order valence-corrected chi connectivity index (χ4v) is 5.62. The molecule has 1 atom stereocenters. The van der Waals surface area contributed by atoms with Gasteiger partial charge in [-0.3, -0.25) is 0 Å². The Morgan fingerprint density at radius 3 is 2.61 bits per heavy atom. The lowest BCUT2D eigenvalue weighted by Crippen LogP contribution is -2.40. The van der Waals surface area contributed by atoms with Crippen LogP contribution in [0.4, 0.5) is 8.78 Å². The number of oxazole rings is 1. The van der Waals surface area contributed by atoms with Gasteiger partial charge in [0.15, 0.2) is 0 Å². The van der Waals surface area contributed by atoms with Gasteiger partial charge in [-0.15, -0.1) is 4.40 Å². The van der Waals surface area contributed by atoms with Crippen molar-refractivity contribution >= 4 is 16.5 Å². The molecule has 9 nitrogen and oxygen atoms in total. The molecule has 3 heterocycles. The summed E-state index contributed by atoms with van der Waals surface area (Å²) in [6, 6.07) is 0. The Morgan fingerprint density at radius 2 is 1.97 bits per heavy atom. The van der Waals surface area contributed by atoms with E-state index in [0.29, 0.717) is 11.5 Å². The quantitative estimate of drug-likeness (QED) is 0.487. The van der Waals surface area contributed by atoms with Crippen molar-refractivity contribution in [1.29, 1.82) is 0 Å². The van der Waals surface area contributed by atoms with Crippen molar-refractivity contribution in [2.24, 2.45) is 9.81 Å². The molecule has 5 rings (SSSR count). The van der Waals surface area contributed by atoms with E-state index in [1.54, 1.807) is 14.1 Å². The smallest absolute Gasteiger partial charge is 0.323 e. The minimum atomic E-state index is -3.89. The monoisotopic (exact) mass is 455 g/mol. The van der Waals surface area contributed by atoms with E-state index < -0.39 is 27.5 Å². The molecule has 2 aromatic rings. The second kappa shape index (κ2) is 6.83. The molecule has 2 aromatic heterocycles. The summed E-state index contributed by atoms with van der Waals surface area (Å²) >= 11 is 0. The van der Waals surface area contributed by atoms with Gasteiger partial charge < -0.3 is 13.8 Å². The van der Waals surface area contributed by atoms with E-state index in [1.165, 1.54) is 23.8 Å². The Bertz CT molecular complexity index is 1110. The molecule has 0 N–H and O–H groups in total. The Labute approximate surface area is 178 Å². The number of rotatable bonds is 6. The standard InChI is InChI=1S/C19H23F2N5O4S/c1-25(2)11-22-31(27,28)26-7-5-18(6-8-26)16(19(18,20)21)14-10-29-17(23-14)13-9-30-24-15(13)12-3-4-12/h9-12,16H,3-8H2,1-2H3/b22-11+/t16-/m0/s1. The van der Waals surface area contributed by atoms with Crippen molar-refractivity contribution in [2.45, 2.75) is 43.4 Å². The molecule has 3 fully saturated rings. The zero-order valence-corrected chi connectivity index (χ0v) is 18.0. The summed E-state index contributed by atoms with van der Waals surface area (Å²) in [5.41, 5.74) is 0.227. The van der Waals surface area contributed by atoms with Crippen LogP contribution in [0.5, 0.6) is 0 Å². The SMILES string of the molecule is CN(C)/C=N/S(=O)(=O)N1CCC2(CC1)[C@H](c1coc(-c3conc3C3CC3)n1)C2(F)F. The first-order valence-electron chi connectivity index (χ1n) is 10.2. The van der Waals surface area contributed by atoms with Crippen LogP contribution in [0.25, 0.3) is 11.5 Å². The lowest BCUT2D eigenvalue weighted by atomic mass is 9.91. The van der Waals surface area contributed by atoms with Gasteiger partial charge in [-0.1, -0.05) is 5.16 Å². The fraction of sp³-hybridized carbons (Fsp3) is 0.632. The highest BCUT2D eigenvalue weighted by molar-refractivity contribution is 7.87. The predicted molar refractivity (Wildman–Crippen MR) is 106 cm³/mol. The van der Waals surface area contributed by atoms with Crippen LogP contribution in [0.1, 0.15) is 48.9 Å². The van der Waals surface area contributed by atoms with E-state index in [1.807, 2.05) is 0 Å².